The first-order chi connectivity index (χ1) is 9.17. The quantitative estimate of drug-likeness (QED) is 0.307. The third-order valence-electron chi connectivity index (χ3n) is 2.41. The van der Waals surface area contributed by atoms with Crippen LogP contribution < -0.4 is 0 Å². The lowest BCUT2D eigenvalue weighted by atomic mass is 10.1. The highest BCUT2D eigenvalue weighted by Crippen LogP contribution is 2.13. The lowest BCUT2D eigenvalue weighted by Crippen LogP contribution is -2.26. The second-order valence-corrected chi connectivity index (χ2v) is 3.91. The van der Waals surface area contributed by atoms with Gasteiger partial charge in [0.25, 0.3) is 0 Å². The Morgan fingerprint density at radius 3 is 2.21 bits per heavy atom. The zero-order valence-electron chi connectivity index (χ0n) is 11.4. The Bertz CT molecular complexity index is 288. The van der Waals surface area contributed by atoms with Crippen molar-refractivity contribution in [3.63, 3.8) is 0 Å². The van der Waals surface area contributed by atoms with Crippen LogP contribution in [0.5, 0.6) is 0 Å². The summed E-state index contributed by atoms with van der Waals surface area (Å²) in [5, 5.41) is 0. The molecule has 0 radical (unpaired) electrons. The van der Waals surface area contributed by atoms with Crippen LogP contribution in [0.2, 0.25) is 0 Å². The Hall–Kier alpha value is -1.46. The molecule has 2 atom stereocenters. The molecular weight excluding hydrogens is 248 g/mol. The van der Waals surface area contributed by atoms with Gasteiger partial charge in [0.15, 0.2) is 0 Å². The van der Waals surface area contributed by atoms with Crippen LogP contribution in [0, 0.1) is 0 Å². The lowest BCUT2D eigenvalue weighted by Gasteiger charge is -2.21. The number of aldehydes is 1. The smallest absolute Gasteiger partial charge is 0.308 e. The topological polar surface area (TPSA) is 61.8 Å². The maximum Gasteiger partial charge on any atom is 0.308 e. The summed E-state index contributed by atoms with van der Waals surface area (Å²) < 4.78 is 15.5. The predicted molar refractivity (Wildman–Crippen MR) is 71.8 cm³/mol. The van der Waals surface area contributed by atoms with Gasteiger partial charge in [0.2, 0.25) is 0 Å². The van der Waals surface area contributed by atoms with Gasteiger partial charge in [-0.05, 0) is 0 Å². The van der Waals surface area contributed by atoms with Gasteiger partial charge < -0.3 is 19.0 Å². The number of ether oxygens (including phenoxy) is 3. The molecule has 5 nitrogen and oxygen atoms in total. The number of rotatable bonds is 12. The summed E-state index contributed by atoms with van der Waals surface area (Å²) in [6, 6.07) is 0. The number of hydrogen-bond acceptors (Lipinski definition) is 5. The number of carbonyl (C=O) groups excluding carboxylic acids is 2. The Morgan fingerprint density at radius 1 is 1.16 bits per heavy atom. The molecule has 19 heavy (non-hydrogen) atoms. The Labute approximate surface area is 114 Å². The van der Waals surface area contributed by atoms with E-state index in [0.29, 0.717) is 19.6 Å². The van der Waals surface area contributed by atoms with Crippen molar-refractivity contribution in [2.45, 2.75) is 31.5 Å². The third-order valence-corrected chi connectivity index (χ3v) is 2.41. The number of hydrogen-bond donors (Lipinski definition) is 0. The van der Waals surface area contributed by atoms with E-state index in [2.05, 4.69) is 17.9 Å². The highest BCUT2D eigenvalue weighted by molar-refractivity contribution is 5.69. The minimum Gasteiger partial charge on any atom is -0.469 e. The number of carbonyl (C=O) groups is 2. The van der Waals surface area contributed by atoms with Crippen LogP contribution in [0.3, 0.4) is 0 Å². The van der Waals surface area contributed by atoms with E-state index in [-0.39, 0.29) is 31.0 Å². The summed E-state index contributed by atoms with van der Waals surface area (Å²) in [4.78, 5) is 21.9. The summed E-state index contributed by atoms with van der Waals surface area (Å²) >= 11 is 0. The van der Waals surface area contributed by atoms with E-state index in [1.165, 1.54) is 7.11 Å². The van der Waals surface area contributed by atoms with Gasteiger partial charge in [0.05, 0.1) is 39.0 Å². The first-order valence-corrected chi connectivity index (χ1v) is 6.13. The molecule has 2 unspecified atom stereocenters. The monoisotopic (exact) mass is 270 g/mol. The fourth-order valence-corrected chi connectivity index (χ4v) is 1.52. The third kappa shape index (κ3) is 9.16. The summed E-state index contributed by atoms with van der Waals surface area (Å²) in [7, 11) is 1.32. The molecule has 0 fully saturated rings. The molecule has 0 aromatic heterocycles. The maximum absolute atomic E-state index is 11.3. The Balaban J connectivity index is 4.43. The van der Waals surface area contributed by atoms with Crippen molar-refractivity contribution in [2.24, 2.45) is 0 Å². The standard InChI is InChI=1S/C14H22O5/c1-4-8-18-12(6-7-15)10-13(19-9-5-2)11-14(16)17-3/h4-5,7,12-13H,1-2,6,8-11H2,3H3. The molecule has 0 saturated carbocycles. The minimum atomic E-state index is -0.361. The van der Waals surface area contributed by atoms with E-state index in [9.17, 15) is 9.59 Å². The highest BCUT2D eigenvalue weighted by atomic mass is 16.5. The van der Waals surface area contributed by atoms with Crippen molar-refractivity contribution in [2.75, 3.05) is 20.3 Å². The van der Waals surface area contributed by atoms with Crippen LogP contribution in [0.25, 0.3) is 0 Å². The second-order valence-electron chi connectivity index (χ2n) is 3.91. The molecule has 0 rings (SSSR count). The van der Waals surface area contributed by atoms with Crippen LogP contribution in [-0.4, -0.2) is 44.8 Å². The van der Waals surface area contributed by atoms with Crippen molar-refractivity contribution < 1.29 is 23.8 Å². The van der Waals surface area contributed by atoms with Crippen LogP contribution in [-0.2, 0) is 23.8 Å². The van der Waals surface area contributed by atoms with E-state index in [1.807, 2.05) is 0 Å². The molecule has 0 bridgehead atoms. The van der Waals surface area contributed by atoms with Crippen LogP contribution in [0.1, 0.15) is 19.3 Å². The van der Waals surface area contributed by atoms with Gasteiger partial charge in [-0.15, -0.1) is 13.2 Å². The van der Waals surface area contributed by atoms with Crippen molar-refractivity contribution in [1.29, 1.82) is 0 Å². The first kappa shape index (κ1) is 17.5. The van der Waals surface area contributed by atoms with E-state index < -0.39 is 0 Å². The molecule has 0 N–H and O–H groups in total. The maximum atomic E-state index is 11.3. The number of methoxy groups -OCH3 is 1. The van der Waals surface area contributed by atoms with Crippen LogP contribution in [0.15, 0.2) is 25.3 Å². The minimum absolute atomic E-state index is 0.122. The van der Waals surface area contributed by atoms with E-state index >= 15 is 0 Å². The molecule has 0 aliphatic heterocycles. The van der Waals surface area contributed by atoms with Crippen molar-refractivity contribution in [3.8, 4) is 0 Å². The van der Waals surface area contributed by atoms with Crippen LogP contribution in [0.4, 0.5) is 0 Å². The summed E-state index contributed by atoms with van der Waals surface area (Å²) in [6.45, 7) is 7.79. The second kappa shape index (κ2) is 11.6. The van der Waals surface area contributed by atoms with Crippen molar-refractivity contribution in [1.82, 2.24) is 0 Å². The summed E-state index contributed by atoms with van der Waals surface area (Å²) in [5.74, 6) is -0.359. The fourth-order valence-electron chi connectivity index (χ4n) is 1.52. The zero-order valence-corrected chi connectivity index (χ0v) is 11.4. The first-order valence-electron chi connectivity index (χ1n) is 6.13. The highest BCUT2D eigenvalue weighted by Gasteiger charge is 2.20. The average molecular weight is 270 g/mol. The predicted octanol–water partition coefficient (Wildman–Crippen LogP) is 1.67. The molecule has 0 amide bonds. The van der Waals surface area contributed by atoms with E-state index in [4.69, 9.17) is 9.47 Å². The normalized spacial score (nSPS) is 13.3. The summed E-state index contributed by atoms with van der Waals surface area (Å²) in [5.41, 5.74) is 0. The number of esters is 1. The molecule has 0 aromatic carbocycles. The Morgan fingerprint density at radius 2 is 1.74 bits per heavy atom. The Kier molecular flexibility index (Phi) is 10.7. The van der Waals surface area contributed by atoms with E-state index in [1.54, 1.807) is 12.2 Å². The average Bonchev–Trinajstić information content (AvgIpc) is 2.42. The van der Waals surface area contributed by atoms with Crippen LogP contribution >= 0.6 is 0 Å². The van der Waals surface area contributed by atoms with Crippen molar-refractivity contribution in [3.05, 3.63) is 25.3 Å². The van der Waals surface area contributed by atoms with Gasteiger partial charge in [-0.3, -0.25) is 4.79 Å². The molecule has 0 aliphatic rings. The van der Waals surface area contributed by atoms with Gasteiger partial charge in [0.1, 0.15) is 6.29 Å². The van der Waals surface area contributed by atoms with Gasteiger partial charge in [-0.25, -0.2) is 0 Å². The fraction of sp³-hybridized carbons (Fsp3) is 0.571. The molecule has 108 valence electrons. The zero-order chi connectivity index (χ0) is 14.5. The van der Waals surface area contributed by atoms with Crippen molar-refractivity contribution >= 4 is 12.3 Å². The SMILES string of the molecule is C=CCOC(CC=O)CC(CC(=O)OC)OCC=C. The molecular formula is C14H22O5. The molecule has 0 spiro atoms. The van der Waals surface area contributed by atoms with Gasteiger partial charge in [-0.1, -0.05) is 12.2 Å². The van der Waals surface area contributed by atoms with Gasteiger partial charge >= 0.3 is 5.97 Å². The van der Waals surface area contributed by atoms with Gasteiger partial charge in [-0.2, -0.15) is 0 Å². The molecule has 5 heteroatoms. The molecule has 0 saturated heterocycles. The van der Waals surface area contributed by atoms with Gasteiger partial charge in [0, 0.05) is 12.8 Å². The largest absolute Gasteiger partial charge is 0.469 e. The lowest BCUT2D eigenvalue weighted by molar-refractivity contribution is -0.144. The molecule has 0 aliphatic carbocycles. The molecule has 0 heterocycles. The molecule has 0 aromatic rings. The van der Waals surface area contributed by atoms with E-state index in [0.717, 1.165) is 6.29 Å². The summed E-state index contributed by atoms with van der Waals surface area (Å²) in [6.07, 6.45) is 4.16.